The average Bonchev–Trinajstić information content (AvgIpc) is 2.38. The van der Waals surface area contributed by atoms with Crippen molar-refractivity contribution >= 4 is 0 Å². The van der Waals surface area contributed by atoms with Gasteiger partial charge in [0.1, 0.15) is 18.2 Å². The lowest BCUT2D eigenvalue weighted by atomic mass is 10.3. The van der Waals surface area contributed by atoms with E-state index in [1.165, 1.54) is 12.1 Å². The summed E-state index contributed by atoms with van der Waals surface area (Å²) in [5.41, 5.74) is 0.843. The maximum Gasteiger partial charge on any atom is 0.149 e. The molecule has 0 N–H and O–H groups in total. The minimum atomic E-state index is -0.279. The highest BCUT2D eigenvalue weighted by Gasteiger charge is 1.92. The standard InChI is InChI=1S/C14H10FNO/c15-13-5-7-14(8-6-13)17-10-2-4-12-3-1-9-16-11-12/h1,3,5-9,11H,10H2. The second kappa shape index (κ2) is 5.66. The van der Waals surface area contributed by atoms with Crippen LogP contribution >= 0.6 is 0 Å². The van der Waals surface area contributed by atoms with Gasteiger partial charge in [0, 0.05) is 18.0 Å². The summed E-state index contributed by atoms with van der Waals surface area (Å²) in [6.45, 7) is 0.264. The number of ether oxygens (including phenoxy) is 1. The second-order valence-corrected chi connectivity index (χ2v) is 3.29. The minimum Gasteiger partial charge on any atom is -0.481 e. The van der Waals surface area contributed by atoms with Crippen LogP contribution in [0, 0.1) is 17.7 Å². The van der Waals surface area contributed by atoms with E-state index < -0.39 is 0 Å². The molecular weight excluding hydrogens is 217 g/mol. The van der Waals surface area contributed by atoms with Crippen molar-refractivity contribution in [2.24, 2.45) is 0 Å². The van der Waals surface area contributed by atoms with Crippen LogP contribution in [0.15, 0.2) is 48.8 Å². The van der Waals surface area contributed by atoms with E-state index in [-0.39, 0.29) is 12.4 Å². The Hall–Kier alpha value is -2.34. The van der Waals surface area contributed by atoms with Gasteiger partial charge in [0.15, 0.2) is 0 Å². The van der Waals surface area contributed by atoms with E-state index in [1.807, 2.05) is 12.1 Å². The fourth-order valence-corrected chi connectivity index (χ4v) is 1.23. The molecule has 17 heavy (non-hydrogen) atoms. The minimum absolute atomic E-state index is 0.264. The number of pyridine rings is 1. The smallest absolute Gasteiger partial charge is 0.149 e. The molecule has 0 amide bonds. The molecule has 0 saturated carbocycles. The molecule has 0 bridgehead atoms. The van der Waals surface area contributed by atoms with Gasteiger partial charge in [0.05, 0.1) is 0 Å². The van der Waals surface area contributed by atoms with Crippen molar-refractivity contribution in [2.45, 2.75) is 0 Å². The Kier molecular flexibility index (Phi) is 3.72. The molecule has 0 atom stereocenters. The molecular formula is C14H10FNO. The molecule has 1 heterocycles. The van der Waals surface area contributed by atoms with Crippen molar-refractivity contribution in [3.05, 3.63) is 60.2 Å². The average molecular weight is 227 g/mol. The van der Waals surface area contributed by atoms with Crippen LogP contribution in [0.3, 0.4) is 0 Å². The Labute approximate surface area is 99.1 Å². The first-order valence-corrected chi connectivity index (χ1v) is 5.12. The van der Waals surface area contributed by atoms with Gasteiger partial charge in [-0.05, 0) is 36.4 Å². The summed E-state index contributed by atoms with van der Waals surface area (Å²) in [7, 11) is 0. The highest BCUT2D eigenvalue weighted by Crippen LogP contribution is 2.10. The predicted octanol–water partition coefficient (Wildman–Crippen LogP) is 2.65. The number of benzene rings is 1. The Bertz CT molecular complexity index is 526. The quantitative estimate of drug-likeness (QED) is 0.736. The monoisotopic (exact) mass is 227 g/mol. The van der Waals surface area contributed by atoms with E-state index in [2.05, 4.69) is 16.8 Å². The molecule has 2 rings (SSSR count). The number of hydrogen-bond acceptors (Lipinski definition) is 2. The molecule has 3 heteroatoms. The number of nitrogens with zero attached hydrogens (tertiary/aromatic N) is 1. The van der Waals surface area contributed by atoms with Crippen molar-refractivity contribution in [2.75, 3.05) is 6.61 Å². The highest BCUT2D eigenvalue weighted by molar-refractivity contribution is 5.31. The van der Waals surface area contributed by atoms with Crippen molar-refractivity contribution in [3.8, 4) is 17.6 Å². The van der Waals surface area contributed by atoms with Crippen LogP contribution in [0.5, 0.6) is 5.75 Å². The van der Waals surface area contributed by atoms with Gasteiger partial charge in [-0.3, -0.25) is 4.98 Å². The van der Waals surface area contributed by atoms with Gasteiger partial charge in [-0.2, -0.15) is 0 Å². The van der Waals surface area contributed by atoms with Crippen LogP contribution in [0.1, 0.15) is 5.56 Å². The zero-order valence-corrected chi connectivity index (χ0v) is 9.06. The van der Waals surface area contributed by atoms with Crippen molar-refractivity contribution in [3.63, 3.8) is 0 Å². The van der Waals surface area contributed by atoms with Crippen LogP contribution in [-0.2, 0) is 0 Å². The van der Waals surface area contributed by atoms with Crippen molar-refractivity contribution in [1.82, 2.24) is 4.98 Å². The maximum atomic E-state index is 12.6. The van der Waals surface area contributed by atoms with E-state index in [4.69, 9.17) is 4.74 Å². The summed E-state index contributed by atoms with van der Waals surface area (Å²) < 4.78 is 17.9. The topological polar surface area (TPSA) is 22.1 Å². The largest absolute Gasteiger partial charge is 0.481 e. The molecule has 0 radical (unpaired) electrons. The second-order valence-electron chi connectivity index (χ2n) is 3.29. The number of hydrogen-bond donors (Lipinski definition) is 0. The molecule has 0 aliphatic heterocycles. The zero-order chi connectivity index (χ0) is 11.9. The Balaban J connectivity index is 1.88. The fourth-order valence-electron chi connectivity index (χ4n) is 1.23. The van der Waals surface area contributed by atoms with Crippen LogP contribution in [-0.4, -0.2) is 11.6 Å². The summed E-state index contributed by atoms with van der Waals surface area (Å²) in [6.07, 6.45) is 3.38. The van der Waals surface area contributed by atoms with Crippen LogP contribution in [0.4, 0.5) is 4.39 Å². The Morgan fingerprint density at radius 1 is 1.18 bits per heavy atom. The van der Waals surface area contributed by atoms with Crippen LogP contribution < -0.4 is 4.74 Å². The van der Waals surface area contributed by atoms with Crippen LogP contribution in [0.2, 0.25) is 0 Å². The third kappa shape index (κ3) is 3.62. The number of halogens is 1. The van der Waals surface area contributed by atoms with Gasteiger partial charge in [-0.15, -0.1) is 0 Å². The van der Waals surface area contributed by atoms with E-state index in [1.54, 1.807) is 24.5 Å². The lowest BCUT2D eigenvalue weighted by molar-refractivity contribution is 0.369. The molecule has 2 nitrogen and oxygen atoms in total. The summed E-state index contributed by atoms with van der Waals surface area (Å²) in [5, 5.41) is 0. The van der Waals surface area contributed by atoms with Gasteiger partial charge >= 0.3 is 0 Å². The predicted molar refractivity (Wildman–Crippen MR) is 63.0 cm³/mol. The summed E-state index contributed by atoms with van der Waals surface area (Å²) in [5.74, 6) is 6.10. The van der Waals surface area contributed by atoms with Crippen molar-refractivity contribution in [1.29, 1.82) is 0 Å². The fraction of sp³-hybridized carbons (Fsp3) is 0.0714. The normalized spacial score (nSPS) is 9.24. The maximum absolute atomic E-state index is 12.6. The molecule has 0 unspecified atom stereocenters. The first-order chi connectivity index (χ1) is 8.34. The van der Waals surface area contributed by atoms with E-state index in [0.29, 0.717) is 5.75 Å². The Morgan fingerprint density at radius 2 is 2.00 bits per heavy atom. The third-order valence-corrected chi connectivity index (χ3v) is 2.02. The van der Waals surface area contributed by atoms with Gasteiger partial charge in [-0.1, -0.05) is 11.8 Å². The summed E-state index contributed by atoms with van der Waals surface area (Å²) >= 11 is 0. The van der Waals surface area contributed by atoms with Gasteiger partial charge < -0.3 is 4.74 Å². The molecule has 0 fully saturated rings. The molecule has 0 aliphatic carbocycles. The molecule has 1 aromatic carbocycles. The highest BCUT2D eigenvalue weighted by atomic mass is 19.1. The van der Waals surface area contributed by atoms with Gasteiger partial charge in [0.25, 0.3) is 0 Å². The van der Waals surface area contributed by atoms with E-state index >= 15 is 0 Å². The van der Waals surface area contributed by atoms with Gasteiger partial charge in [-0.25, -0.2) is 4.39 Å². The van der Waals surface area contributed by atoms with E-state index in [9.17, 15) is 4.39 Å². The number of aromatic nitrogens is 1. The van der Waals surface area contributed by atoms with Crippen molar-refractivity contribution < 1.29 is 9.13 Å². The SMILES string of the molecule is Fc1ccc(OCC#Cc2cccnc2)cc1. The molecule has 1 aromatic heterocycles. The zero-order valence-electron chi connectivity index (χ0n) is 9.06. The summed E-state index contributed by atoms with van der Waals surface area (Å²) in [4.78, 5) is 3.95. The van der Waals surface area contributed by atoms with Crippen LogP contribution in [0.25, 0.3) is 0 Å². The van der Waals surface area contributed by atoms with E-state index in [0.717, 1.165) is 5.56 Å². The molecule has 84 valence electrons. The molecule has 0 aliphatic rings. The first-order valence-electron chi connectivity index (χ1n) is 5.12. The van der Waals surface area contributed by atoms with Gasteiger partial charge in [0.2, 0.25) is 0 Å². The first kappa shape index (κ1) is 11.2. The lowest BCUT2D eigenvalue weighted by Crippen LogP contribution is -1.93. The lowest BCUT2D eigenvalue weighted by Gasteiger charge is -2.00. The molecule has 0 saturated heterocycles. The Morgan fingerprint density at radius 3 is 2.71 bits per heavy atom. The number of rotatable bonds is 2. The molecule has 2 aromatic rings. The summed E-state index contributed by atoms with van der Waals surface area (Å²) in [6, 6.07) is 9.54. The third-order valence-electron chi connectivity index (χ3n) is 2.02. The molecule has 0 spiro atoms.